The van der Waals surface area contributed by atoms with Gasteiger partial charge in [-0.3, -0.25) is 4.79 Å². The van der Waals surface area contributed by atoms with Crippen molar-refractivity contribution in [3.63, 3.8) is 0 Å². The summed E-state index contributed by atoms with van der Waals surface area (Å²) in [6.45, 7) is 2.05. The molecular weight excluding hydrogens is 304 g/mol. The summed E-state index contributed by atoms with van der Waals surface area (Å²) < 4.78 is 0. The number of benzene rings is 2. The van der Waals surface area contributed by atoms with E-state index in [1.807, 2.05) is 36.4 Å². The fourth-order valence-corrected chi connectivity index (χ4v) is 1.90. The van der Waals surface area contributed by atoms with E-state index in [0.29, 0.717) is 5.33 Å². The number of carbonyl (C=O) groups excluding carboxylic acids is 1. The molecule has 2 aromatic carbocycles. The van der Waals surface area contributed by atoms with Crippen molar-refractivity contribution in [2.45, 2.75) is 6.92 Å². The normalized spacial score (nSPS) is 10.0. The Hall–Kier alpha value is -1.81. The Kier molecular flexibility index (Phi) is 4.58. The molecule has 0 aliphatic rings. The van der Waals surface area contributed by atoms with E-state index < -0.39 is 0 Å². The average molecular weight is 319 g/mol. The zero-order chi connectivity index (χ0) is 13.7. The second-order valence-electron chi connectivity index (χ2n) is 4.26. The third kappa shape index (κ3) is 4.10. The van der Waals surface area contributed by atoms with Crippen LogP contribution in [0.4, 0.5) is 17.1 Å². The number of rotatable bonds is 4. The fourth-order valence-electron chi connectivity index (χ4n) is 1.76. The first kappa shape index (κ1) is 13.6. The SMILES string of the molecule is Cc1cccc(Nc2cccc(NC(=O)CBr)c2)c1. The van der Waals surface area contributed by atoms with Crippen molar-refractivity contribution in [1.82, 2.24) is 0 Å². The van der Waals surface area contributed by atoms with Gasteiger partial charge in [-0.05, 0) is 42.8 Å². The lowest BCUT2D eigenvalue weighted by molar-refractivity contribution is -0.113. The zero-order valence-corrected chi connectivity index (χ0v) is 12.2. The summed E-state index contributed by atoms with van der Waals surface area (Å²) in [7, 11) is 0. The number of amides is 1. The molecule has 0 unspecified atom stereocenters. The van der Waals surface area contributed by atoms with Gasteiger partial charge in [-0.1, -0.05) is 34.1 Å². The standard InChI is InChI=1S/C15H15BrN2O/c1-11-4-2-5-12(8-11)17-13-6-3-7-14(9-13)18-15(19)10-16/h2-9,17H,10H2,1H3,(H,18,19). The number of hydrogen-bond acceptors (Lipinski definition) is 2. The topological polar surface area (TPSA) is 41.1 Å². The van der Waals surface area contributed by atoms with Crippen LogP contribution < -0.4 is 10.6 Å². The van der Waals surface area contributed by atoms with Crippen molar-refractivity contribution in [2.75, 3.05) is 16.0 Å². The number of halogens is 1. The van der Waals surface area contributed by atoms with Gasteiger partial charge in [0.25, 0.3) is 0 Å². The van der Waals surface area contributed by atoms with E-state index in [9.17, 15) is 4.79 Å². The number of aryl methyl sites for hydroxylation is 1. The van der Waals surface area contributed by atoms with Gasteiger partial charge in [0.15, 0.2) is 0 Å². The highest BCUT2D eigenvalue weighted by Gasteiger charge is 2.01. The maximum absolute atomic E-state index is 11.3. The number of carbonyl (C=O) groups is 1. The third-order valence-corrected chi connectivity index (χ3v) is 3.08. The van der Waals surface area contributed by atoms with Crippen LogP contribution in [-0.2, 0) is 4.79 Å². The molecule has 0 aliphatic carbocycles. The Bertz CT molecular complexity index is 584. The summed E-state index contributed by atoms with van der Waals surface area (Å²) in [6.07, 6.45) is 0. The van der Waals surface area contributed by atoms with Gasteiger partial charge in [-0.2, -0.15) is 0 Å². The van der Waals surface area contributed by atoms with Gasteiger partial charge < -0.3 is 10.6 Å². The van der Waals surface area contributed by atoms with E-state index in [4.69, 9.17) is 0 Å². The number of anilines is 3. The Morgan fingerprint density at radius 3 is 2.37 bits per heavy atom. The molecule has 1 amide bonds. The van der Waals surface area contributed by atoms with Crippen LogP contribution in [0, 0.1) is 6.92 Å². The van der Waals surface area contributed by atoms with Crippen molar-refractivity contribution < 1.29 is 4.79 Å². The first-order valence-corrected chi connectivity index (χ1v) is 7.09. The molecule has 98 valence electrons. The van der Waals surface area contributed by atoms with E-state index in [2.05, 4.69) is 45.6 Å². The molecule has 4 heteroatoms. The predicted molar refractivity (Wildman–Crippen MR) is 83.3 cm³/mol. The monoisotopic (exact) mass is 318 g/mol. The van der Waals surface area contributed by atoms with E-state index in [1.54, 1.807) is 0 Å². The molecule has 0 aromatic heterocycles. The highest BCUT2D eigenvalue weighted by Crippen LogP contribution is 2.20. The van der Waals surface area contributed by atoms with E-state index in [-0.39, 0.29) is 5.91 Å². The molecule has 0 atom stereocenters. The highest BCUT2D eigenvalue weighted by atomic mass is 79.9. The molecule has 0 heterocycles. The molecule has 0 saturated heterocycles. The van der Waals surface area contributed by atoms with Crippen molar-refractivity contribution in [3.8, 4) is 0 Å². The Balaban J connectivity index is 2.13. The van der Waals surface area contributed by atoms with Gasteiger partial charge >= 0.3 is 0 Å². The fraction of sp³-hybridized carbons (Fsp3) is 0.133. The summed E-state index contributed by atoms with van der Waals surface area (Å²) in [5.74, 6) is -0.0623. The first-order chi connectivity index (χ1) is 9.17. The van der Waals surface area contributed by atoms with E-state index in [0.717, 1.165) is 17.1 Å². The lowest BCUT2D eigenvalue weighted by atomic mass is 10.2. The molecule has 2 rings (SSSR count). The van der Waals surface area contributed by atoms with Gasteiger partial charge in [0, 0.05) is 17.1 Å². The molecule has 0 fully saturated rings. The van der Waals surface area contributed by atoms with Crippen molar-refractivity contribution >= 4 is 38.9 Å². The minimum atomic E-state index is -0.0623. The maximum Gasteiger partial charge on any atom is 0.235 e. The van der Waals surface area contributed by atoms with Crippen LogP contribution in [-0.4, -0.2) is 11.2 Å². The van der Waals surface area contributed by atoms with Crippen LogP contribution in [0.15, 0.2) is 48.5 Å². The van der Waals surface area contributed by atoms with Crippen LogP contribution in [0.3, 0.4) is 0 Å². The molecule has 0 radical (unpaired) electrons. The number of hydrogen-bond donors (Lipinski definition) is 2. The van der Waals surface area contributed by atoms with Crippen molar-refractivity contribution in [3.05, 3.63) is 54.1 Å². The largest absolute Gasteiger partial charge is 0.355 e. The van der Waals surface area contributed by atoms with Crippen molar-refractivity contribution in [2.24, 2.45) is 0 Å². The second-order valence-corrected chi connectivity index (χ2v) is 4.82. The van der Waals surface area contributed by atoms with E-state index >= 15 is 0 Å². The molecule has 2 aromatic rings. The lowest BCUT2D eigenvalue weighted by Crippen LogP contribution is -2.12. The minimum Gasteiger partial charge on any atom is -0.355 e. The van der Waals surface area contributed by atoms with Gasteiger partial charge in [0.05, 0.1) is 5.33 Å². The van der Waals surface area contributed by atoms with Crippen LogP contribution in [0.2, 0.25) is 0 Å². The molecule has 0 aliphatic heterocycles. The minimum absolute atomic E-state index is 0.0623. The predicted octanol–water partition coefficient (Wildman–Crippen LogP) is 4.07. The molecule has 2 N–H and O–H groups in total. The first-order valence-electron chi connectivity index (χ1n) is 5.97. The Morgan fingerprint density at radius 2 is 1.68 bits per heavy atom. The van der Waals surface area contributed by atoms with Crippen molar-refractivity contribution in [1.29, 1.82) is 0 Å². The van der Waals surface area contributed by atoms with Crippen LogP contribution in [0.25, 0.3) is 0 Å². The molecule has 0 spiro atoms. The van der Waals surface area contributed by atoms with Gasteiger partial charge in [-0.15, -0.1) is 0 Å². The second kappa shape index (κ2) is 6.38. The quantitative estimate of drug-likeness (QED) is 0.834. The van der Waals surface area contributed by atoms with Crippen LogP contribution >= 0.6 is 15.9 Å². The van der Waals surface area contributed by atoms with E-state index in [1.165, 1.54) is 5.56 Å². The molecular formula is C15H15BrN2O. The van der Waals surface area contributed by atoms with Gasteiger partial charge in [-0.25, -0.2) is 0 Å². The number of nitrogens with one attached hydrogen (secondary N) is 2. The smallest absolute Gasteiger partial charge is 0.235 e. The summed E-state index contributed by atoms with van der Waals surface area (Å²) in [5.41, 5.74) is 3.96. The Morgan fingerprint density at radius 1 is 1.05 bits per heavy atom. The van der Waals surface area contributed by atoms with Gasteiger partial charge in [0.2, 0.25) is 5.91 Å². The maximum atomic E-state index is 11.3. The molecule has 19 heavy (non-hydrogen) atoms. The zero-order valence-electron chi connectivity index (χ0n) is 10.6. The summed E-state index contributed by atoms with van der Waals surface area (Å²) in [6, 6.07) is 15.8. The lowest BCUT2D eigenvalue weighted by Gasteiger charge is -2.09. The Labute approximate surface area is 121 Å². The molecule has 3 nitrogen and oxygen atoms in total. The summed E-state index contributed by atoms with van der Waals surface area (Å²) >= 11 is 3.12. The number of alkyl halides is 1. The molecule has 0 bridgehead atoms. The van der Waals surface area contributed by atoms with Gasteiger partial charge in [0.1, 0.15) is 0 Å². The third-order valence-electron chi connectivity index (χ3n) is 2.57. The van der Waals surface area contributed by atoms with Crippen LogP contribution in [0.5, 0.6) is 0 Å². The summed E-state index contributed by atoms with van der Waals surface area (Å²) in [4.78, 5) is 11.3. The van der Waals surface area contributed by atoms with Crippen LogP contribution in [0.1, 0.15) is 5.56 Å². The molecule has 0 saturated carbocycles. The average Bonchev–Trinajstić information content (AvgIpc) is 2.39. The summed E-state index contributed by atoms with van der Waals surface area (Å²) in [5, 5.41) is 6.41. The highest BCUT2D eigenvalue weighted by molar-refractivity contribution is 9.09.